The molecule has 0 bridgehead atoms. The van der Waals surface area contributed by atoms with Crippen molar-refractivity contribution in [2.75, 3.05) is 27.2 Å². The first-order valence-electron chi connectivity index (χ1n) is 9.49. The summed E-state index contributed by atoms with van der Waals surface area (Å²) in [5.74, 6) is 1.73. The Balaban J connectivity index is 1.54. The molecule has 2 fully saturated rings. The average Bonchev–Trinajstić information content (AvgIpc) is 2.66. The van der Waals surface area contributed by atoms with Crippen molar-refractivity contribution in [2.45, 2.75) is 44.8 Å². The number of hydrogen-bond acceptors (Lipinski definition) is 4. The van der Waals surface area contributed by atoms with Crippen LogP contribution in [-0.4, -0.2) is 50.2 Å². The van der Waals surface area contributed by atoms with Crippen LogP contribution >= 0.6 is 0 Å². The van der Waals surface area contributed by atoms with E-state index in [0.717, 1.165) is 56.0 Å². The molecule has 1 aliphatic carbocycles. The Bertz CT molecular complexity index is 635. The molecule has 0 amide bonds. The maximum absolute atomic E-state index is 11.7. The summed E-state index contributed by atoms with van der Waals surface area (Å²) in [7, 11) is 3.25. The van der Waals surface area contributed by atoms with Crippen LogP contribution in [0.5, 0.6) is 5.75 Å². The first kappa shape index (κ1) is 18.5. The Morgan fingerprint density at radius 3 is 2.58 bits per heavy atom. The third-order valence-corrected chi connectivity index (χ3v) is 5.30. The van der Waals surface area contributed by atoms with Gasteiger partial charge in [0.2, 0.25) is 0 Å². The lowest BCUT2D eigenvalue weighted by Crippen LogP contribution is -2.46. The maximum Gasteiger partial charge on any atom is 0.308 e. The van der Waals surface area contributed by atoms with E-state index in [2.05, 4.69) is 21.3 Å². The summed E-state index contributed by atoms with van der Waals surface area (Å²) in [4.78, 5) is 18.3. The number of aliphatic imine (C=N–C) groups is 1. The van der Waals surface area contributed by atoms with E-state index in [1.54, 1.807) is 7.05 Å². The van der Waals surface area contributed by atoms with E-state index < -0.39 is 0 Å². The van der Waals surface area contributed by atoms with Gasteiger partial charge in [0.1, 0.15) is 5.75 Å². The number of methoxy groups -OCH3 is 1. The van der Waals surface area contributed by atoms with Gasteiger partial charge >= 0.3 is 5.97 Å². The predicted octanol–water partition coefficient (Wildman–Crippen LogP) is 2.58. The topological polar surface area (TPSA) is 63.2 Å². The SMILES string of the molecule is CN=C(NCc1ccccc1OC1CCC1)N1CCC(C(=O)OC)CC1. The molecule has 0 spiro atoms. The molecule has 6 nitrogen and oxygen atoms in total. The molecule has 3 rings (SSSR count). The van der Waals surface area contributed by atoms with Gasteiger partial charge in [0.15, 0.2) is 5.96 Å². The van der Waals surface area contributed by atoms with Crippen LogP contribution in [0.15, 0.2) is 29.3 Å². The first-order valence-corrected chi connectivity index (χ1v) is 9.49. The van der Waals surface area contributed by atoms with Gasteiger partial charge in [-0.05, 0) is 38.2 Å². The summed E-state index contributed by atoms with van der Waals surface area (Å²) in [6.07, 6.45) is 5.53. The molecule has 1 aromatic carbocycles. The summed E-state index contributed by atoms with van der Waals surface area (Å²) in [6.45, 7) is 2.28. The van der Waals surface area contributed by atoms with Crippen LogP contribution < -0.4 is 10.1 Å². The fraction of sp³-hybridized carbons (Fsp3) is 0.600. The number of rotatable bonds is 5. The molecule has 26 heavy (non-hydrogen) atoms. The van der Waals surface area contributed by atoms with Crippen LogP contribution in [0, 0.1) is 5.92 Å². The lowest BCUT2D eigenvalue weighted by Gasteiger charge is -2.33. The minimum atomic E-state index is -0.102. The molecule has 0 atom stereocenters. The molecule has 0 aromatic heterocycles. The van der Waals surface area contributed by atoms with Crippen molar-refractivity contribution >= 4 is 11.9 Å². The van der Waals surface area contributed by atoms with Crippen molar-refractivity contribution in [1.29, 1.82) is 0 Å². The molecule has 1 saturated heterocycles. The van der Waals surface area contributed by atoms with E-state index >= 15 is 0 Å². The van der Waals surface area contributed by atoms with Gasteiger partial charge in [0, 0.05) is 32.2 Å². The van der Waals surface area contributed by atoms with Crippen molar-refractivity contribution in [3.63, 3.8) is 0 Å². The van der Waals surface area contributed by atoms with Crippen molar-refractivity contribution in [3.8, 4) is 5.75 Å². The highest BCUT2D eigenvalue weighted by Crippen LogP contribution is 2.27. The summed E-state index contributed by atoms with van der Waals surface area (Å²) < 4.78 is 11.0. The molecule has 1 aromatic rings. The molecule has 1 heterocycles. The van der Waals surface area contributed by atoms with Gasteiger partial charge in [-0.2, -0.15) is 0 Å². The maximum atomic E-state index is 11.7. The number of carbonyl (C=O) groups is 1. The lowest BCUT2D eigenvalue weighted by molar-refractivity contribution is -0.146. The molecule has 1 N–H and O–H groups in total. The van der Waals surface area contributed by atoms with Crippen LogP contribution in [0.25, 0.3) is 0 Å². The molecular formula is C20H29N3O3. The van der Waals surface area contributed by atoms with Crippen LogP contribution in [0.2, 0.25) is 0 Å². The minimum absolute atomic E-state index is 0.00552. The van der Waals surface area contributed by atoms with Gasteiger partial charge in [-0.3, -0.25) is 9.79 Å². The highest BCUT2D eigenvalue weighted by molar-refractivity contribution is 5.80. The number of benzene rings is 1. The Kier molecular flexibility index (Phi) is 6.36. The molecule has 1 saturated carbocycles. The molecule has 0 radical (unpaired) electrons. The third kappa shape index (κ3) is 4.48. The Morgan fingerprint density at radius 1 is 1.23 bits per heavy atom. The van der Waals surface area contributed by atoms with Gasteiger partial charge in [-0.1, -0.05) is 18.2 Å². The zero-order chi connectivity index (χ0) is 18.4. The summed E-state index contributed by atoms with van der Waals surface area (Å²) >= 11 is 0. The van der Waals surface area contributed by atoms with Crippen molar-refractivity contribution < 1.29 is 14.3 Å². The number of likely N-dealkylation sites (tertiary alicyclic amines) is 1. The van der Waals surface area contributed by atoms with Crippen molar-refractivity contribution in [2.24, 2.45) is 10.9 Å². The molecule has 6 heteroatoms. The van der Waals surface area contributed by atoms with E-state index in [4.69, 9.17) is 9.47 Å². The fourth-order valence-corrected chi connectivity index (χ4v) is 3.43. The standard InChI is InChI=1S/C20H29N3O3/c1-21-20(23-12-10-15(11-13-23)19(24)25-2)22-14-16-6-3-4-9-18(16)26-17-7-5-8-17/h3-4,6,9,15,17H,5,7-8,10-14H2,1-2H3,(H,21,22). The second-order valence-electron chi connectivity index (χ2n) is 6.96. The molecule has 1 aliphatic heterocycles. The third-order valence-electron chi connectivity index (χ3n) is 5.30. The fourth-order valence-electron chi connectivity index (χ4n) is 3.43. The van der Waals surface area contributed by atoms with Gasteiger partial charge < -0.3 is 19.7 Å². The second kappa shape index (κ2) is 8.92. The normalized spacial score (nSPS) is 19.0. The number of ether oxygens (including phenoxy) is 2. The Morgan fingerprint density at radius 2 is 1.96 bits per heavy atom. The monoisotopic (exact) mass is 359 g/mol. The van der Waals surface area contributed by atoms with Crippen LogP contribution in [0.3, 0.4) is 0 Å². The molecular weight excluding hydrogens is 330 g/mol. The first-order chi connectivity index (χ1) is 12.7. The van der Waals surface area contributed by atoms with Crippen LogP contribution in [0.1, 0.15) is 37.7 Å². The highest BCUT2D eigenvalue weighted by Gasteiger charge is 2.27. The van der Waals surface area contributed by atoms with Gasteiger partial charge in [0.05, 0.1) is 19.1 Å². The second-order valence-corrected chi connectivity index (χ2v) is 6.96. The van der Waals surface area contributed by atoms with Crippen LogP contribution in [0.4, 0.5) is 0 Å². The van der Waals surface area contributed by atoms with Crippen molar-refractivity contribution in [3.05, 3.63) is 29.8 Å². The number of carbonyl (C=O) groups excluding carboxylic acids is 1. The average molecular weight is 359 g/mol. The summed E-state index contributed by atoms with van der Waals surface area (Å²) in [5, 5.41) is 3.44. The number of piperidine rings is 1. The minimum Gasteiger partial charge on any atom is -0.490 e. The van der Waals surface area contributed by atoms with E-state index in [1.165, 1.54) is 13.5 Å². The Labute approximate surface area is 155 Å². The quantitative estimate of drug-likeness (QED) is 0.497. The highest BCUT2D eigenvalue weighted by atomic mass is 16.5. The largest absolute Gasteiger partial charge is 0.490 e. The number of guanidine groups is 1. The van der Waals surface area contributed by atoms with Gasteiger partial charge in [-0.15, -0.1) is 0 Å². The predicted molar refractivity (Wildman–Crippen MR) is 101 cm³/mol. The summed E-state index contributed by atoms with van der Waals surface area (Å²) in [6, 6.07) is 8.19. The van der Waals surface area contributed by atoms with Gasteiger partial charge in [-0.25, -0.2) is 0 Å². The summed E-state index contributed by atoms with van der Waals surface area (Å²) in [5.41, 5.74) is 1.14. The van der Waals surface area contributed by atoms with Crippen molar-refractivity contribution in [1.82, 2.24) is 10.2 Å². The Hall–Kier alpha value is -2.24. The molecule has 2 aliphatic rings. The smallest absolute Gasteiger partial charge is 0.308 e. The van der Waals surface area contributed by atoms with E-state index in [1.807, 2.05) is 18.2 Å². The zero-order valence-electron chi connectivity index (χ0n) is 15.7. The number of esters is 1. The number of hydrogen-bond donors (Lipinski definition) is 1. The van der Waals surface area contributed by atoms with Crippen LogP contribution in [-0.2, 0) is 16.1 Å². The molecule has 142 valence electrons. The van der Waals surface area contributed by atoms with E-state index in [9.17, 15) is 4.79 Å². The number of para-hydroxylation sites is 1. The van der Waals surface area contributed by atoms with E-state index in [-0.39, 0.29) is 11.9 Å². The zero-order valence-corrected chi connectivity index (χ0v) is 15.7. The van der Waals surface area contributed by atoms with E-state index in [0.29, 0.717) is 12.6 Å². The molecule has 0 unspecified atom stereocenters. The van der Waals surface area contributed by atoms with Gasteiger partial charge in [0.25, 0.3) is 0 Å². The number of nitrogens with zero attached hydrogens (tertiary/aromatic N) is 2. The lowest BCUT2D eigenvalue weighted by atomic mass is 9.96. The number of nitrogens with one attached hydrogen (secondary N) is 1.